The minimum atomic E-state index is -0.00583. The van der Waals surface area contributed by atoms with Gasteiger partial charge >= 0.3 is 0 Å². The SMILES string of the molecule is CC(O)=C(N)C(=N)N1CCCN1. The van der Waals surface area contributed by atoms with Crippen molar-refractivity contribution in [1.82, 2.24) is 10.4 Å². The summed E-state index contributed by atoms with van der Waals surface area (Å²) in [6.45, 7) is 3.10. The highest BCUT2D eigenvalue weighted by Gasteiger charge is 2.17. The van der Waals surface area contributed by atoms with Gasteiger partial charge in [0.2, 0.25) is 0 Å². The molecule has 0 aliphatic carbocycles. The Morgan fingerprint density at radius 1 is 1.67 bits per heavy atom. The fourth-order valence-electron chi connectivity index (χ4n) is 1.04. The minimum absolute atomic E-state index is 0.00583. The molecule has 5 nitrogen and oxygen atoms in total. The van der Waals surface area contributed by atoms with Crippen LogP contribution in [0.5, 0.6) is 0 Å². The number of allylic oxidation sites excluding steroid dienone is 1. The largest absolute Gasteiger partial charge is 0.510 e. The van der Waals surface area contributed by atoms with Crippen molar-refractivity contribution in [2.24, 2.45) is 5.73 Å². The summed E-state index contributed by atoms with van der Waals surface area (Å²) >= 11 is 0. The molecule has 0 atom stereocenters. The van der Waals surface area contributed by atoms with Crippen LogP contribution in [0.4, 0.5) is 0 Å². The van der Waals surface area contributed by atoms with Crippen LogP contribution < -0.4 is 11.2 Å². The molecule has 0 aromatic carbocycles. The smallest absolute Gasteiger partial charge is 0.162 e. The van der Waals surface area contributed by atoms with E-state index in [-0.39, 0.29) is 17.3 Å². The number of aliphatic hydroxyl groups excluding tert-OH is 1. The normalized spacial score (nSPS) is 19.2. The number of nitrogens with two attached hydrogens (primary N) is 1. The maximum absolute atomic E-state index is 9.01. The zero-order valence-corrected chi connectivity index (χ0v) is 7.09. The number of hydrogen-bond donors (Lipinski definition) is 4. The number of aliphatic hydroxyl groups is 1. The van der Waals surface area contributed by atoms with Gasteiger partial charge in [-0.2, -0.15) is 0 Å². The zero-order chi connectivity index (χ0) is 9.14. The van der Waals surface area contributed by atoms with Gasteiger partial charge < -0.3 is 10.8 Å². The maximum atomic E-state index is 9.01. The van der Waals surface area contributed by atoms with E-state index < -0.39 is 0 Å². The van der Waals surface area contributed by atoms with E-state index in [1.54, 1.807) is 5.01 Å². The highest BCUT2D eigenvalue weighted by Crippen LogP contribution is 2.03. The minimum Gasteiger partial charge on any atom is -0.510 e. The van der Waals surface area contributed by atoms with Crippen LogP contribution >= 0.6 is 0 Å². The van der Waals surface area contributed by atoms with E-state index in [1.165, 1.54) is 6.92 Å². The molecule has 1 heterocycles. The molecule has 1 aliphatic rings. The van der Waals surface area contributed by atoms with E-state index in [0.717, 1.165) is 19.5 Å². The van der Waals surface area contributed by atoms with Gasteiger partial charge in [-0.1, -0.05) is 0 Å². The van der Waals surface area contributed by atoms with Crippen molar-refractivity contribution in [2.75, 3.05) is 13.1 Å². The van der Waals surface area contributed by atoms with Gasteiger partial charge in [-0.3, -0.25) is 10.4 Å². The molecule has 1 rings (SSSR count). The molecule has 0 aromatic rings. The van der Waals surface area contributed by atoms with E-state index in [0.29, 0.717) is 0 Å². The van der Waals surface area contributed by atoms with Gasteiger partial charge in [-0.15, -0.1) is 0 Å². The van der Waals surface area contributed by atoms with Gasteiger partial charge in [0.15, 0.2) is 5.84 Å². The summed E-state index contributed by atoms with van der Waals surface area (Å²) in [6, 6.07) is 0. The molecule has 0 bridgehead atoms. The van der Waals surface area contributed by atoms with Crippen LogP contribution in [-0.4, -0.2) is 29.0 Å². The van der Waals surface area contributed by atoms with Gasteiger partial charge in [0, 0.05) is 13.1 Å². The molecule has 0 radical (unpaired) electrons. The Labute approximate surface area is 71.3 Å². The quantitative estimate of drug-likeness (QED) is 0.252. The number of nitrogens with one attached hydrogen (secondary N) is 2. The topological polar surface area (TPSA) is 85.4 Å². The Kier molecular flexibility index (Phi) is 2.54. The Morgan fingerprint density at radius 2 is 2.33 bits per heavy atom. The molecule has 68 valence electrons. The molecule has 0 saturated carbocycles. The number of hydrogen-bond acceptors (Lipinski definition) is 4. The second-order valence-electron chi connectivity index (χ2n) is 2.76. The molecular formula is C7H14N4O. The van der Waals surface area contributed by atoms with Crippen LogP contribution in [-0.2, 0) is 0 Å². The second kappa shape index (κ2) is 3.44. The Hall–Kier alpha value is -1.23. The third kappa shape index (κ3) is 1.68. The first-order valence-corrected chi connectivity index (χ1v) is 3.88. The van der Waals surface area contributed by atoms with E-state index in [2.05, 4.69) is 5.43 Å². The van der Waals surface area contributed by atoms with Crippen LogP contribution in [0.15, 0.2) is 11.5 Å². The lowest BCUT2D eigenvalue weighted by molar-refractivity contribution is 0.386. The summed E-state index contributed by atoms with van der Waals surface area (Å²) < 4.78 is 0. The maximum Gasteiger partial charge on any atom is 0.162 e. The molecule has 0 unspecified atom stereocenters. The van der Waals surface area contributed by atoms with Crippen molar-refractivity contribution in [3.8, 4) is 0 Å². The van der Waals surface area contributed by atoms with Crippen LogP contribution in [0.25, 0.3) is 0 Å². The predicted octanol–water partition coefficient (Wildman–Crippen LogP) is -0.0778. The highest BCUT2D eigenvalue weighted by molar-refractivity contribution is 5.95. The summed E-state index contributed by atoms with van der Waals surface area (Å²) in [4.78, 5) is 0. The van der Waals surface area contributed by atoms with Gasteiger partial charge in [0.1, 0.15) is 11.5 Å². The van der Waals surface area contributed by atoms with E-state index >= 15 is 0 Å². The molecular weight excluding hydrogens is 156 g/mol. The number of amidine groups is 1. The van der Waals surface area contributed by atoms with Gasteiger partial charge in [0.05, 0.1) is 0 Å². The molecule has 0 aromatic heterocycles. The summed E-state index contributed by atoms with van der Waals surface area (Å²) in [5, 5.41) is 18.2. The summed E-state index contributed by atoms with van der Waals surface area (Å²) in [5.74, 6) is 0.140. The number of hydrazine groups is 1. The van der Waals surface area contributed by atoms with E-state index in [9.17, 15) is 0 Å². The summed E-state index contributed by atoms with van der Waals surface area (Å²) in [7, 11) is 0. The first-order chi connectivity index (χ1) is 5.63. The molecule has 12 heavy (non-hydrogen) atoms. The Morgan fingerprint density at radius 3 is 2.75 bits per heavy atom. The molecule has 0 spiro atoms. The lowest BCUT2D eigenvalue weighted by Gasteiger charge is -2.18. The summed E-state index contributed by atoms with van der Waals surface area (Å²) in [6.07, 6.45) is 1.00. The van der Waals surface area contributed by atoms with E-state index in [4.69, 9.17) is 16.2 Å². The van der Waals surface area contributed by atoms with Crippen molar-refractivity contribution >= 4 is 5.84 Å². The highest BCUT2D eigenvalue weighted by atomic mass is 16.3. The fraction of sp³-hybridized carbons (Fsp3) is 0.571. The average Bonchev–Trinajstić information content (AvgIpc) is 2.53. The lowest BCUT2D eigenvalue weighted by atomic mass is 10.3. The molecule has 1 aliphatic heterocycles. The Balaban J connectivity index is 2.64. The molecule has 5 heteroatoms. The van der Waals surface area contributed by atoms with Crippen molar-refractivity contribution in [3.63, 3.8) is 0 Å². The zero-order valence-electron chi connectivity index (χ0n) is 7.09. The number of nitrogens with zero attached hydrogens (tertiary/aromatic N) is 1. The Bertz CT molecular complexity index is 213. The predicted molar refractivity (Wildman–Crippen MR) is 46.6 cm³/mol. The lowest BCUT2D eigenvalue weighted by Crippen LogP contribution is -2.39. The van der Waals surface area contributed by atoms with Gasteiger partial charge in [-0.05, 0) is 13.3 Å². The van der Waals surface area contributed by atoms with Crippen molar-refractivity contribution < 1.29 is 5.11 Å². The van der Waals surface area contributed by atoms with Crippen LogP contribution in [0.3, 0.4) is 0 Å². The first-order valence-electron chi connectivity index (χ1n) is 3.88. The van der Waals surface area contributed by atoms with Crippen molar-refractivity contribution in [1.29, 1.82) is 5.41 Å². The third-order valence-corrected chi connectivity index (χ3v) is 1.78. The van der Waals surface area contributed by atoms with Crippen molar-refractivity contribution in [2.45, 2.75) is 13.3 Å². The molecule has 5 N–H and O–H groups in total. The third-order valence-electron chi connectivity index (χ3n) is 1.78. The van der Waals surface area contributed by atoms with Gasteiger partial charge in [-0.25, -0.2) is 5.43 Å². The van der Waals surface area contributed by atoms with Crippen molar-refractivity contribution in [3.05, 3.63) is 11.5 Å². The molecule has 0 amide bonds. The van der Waals surface area contributed by atoms with Crippen LogP contribution in [0.1, 0.15) is 13.3 Å². The van der Waals surface area contributed by atoms with Crippen LogP contribution in [0.2, 0.25) is 0 Å². The van der Waals surface area contributed by atoms with E-state index in [1.807, 2.05) is 0 Å². The monoisotopic (exact) mass is 170 g/mol. The fourth-order valence-corrected chi connectivity index (χ4v) is 1.04. The average molecular weight is 170 g/mol. The first kappa shape index (κ1) is 8.86. The molecule has 1 fully saturated rings. The number of rotatable bonds is 1. The van der Waals surface area contributed by atoms with Gasteiger partial charge in [0.25, 0.3) is 0 Å². The molecule has 1 saturated heterocycles. The van der Waals surface area contributed by atoms with Crippen LogP contribution in [0, 0.1) is 5.41 Å². The standard InChI is InChI=1S/C7H14N4O/c1-5(12)6(8)7(9)11-4-2-3-10-11/h9-10,12H,2-4,8H2,1H3. The second-order valence-corrected chi connectivity index (χ2v) is 2.76. The summed E-state index contributed by atoms with van der Waals surface area (Å²) in [5.41, 5.74) is 8.57.